The predicted molar refractivity (Wildman–Crippen MR) is 83.5 cm³/mol. The number of Topliss-reactive ketones (excluding diaryl/α,β-unsaturated/α-hetero) is 1. The largest absolute Gasteiger partial charge is 0.453 e. The van der Waals surface area contributed by atoms with Gasteiger partial charge in [-0.25, -0.2) is 0 Å². The molecule has 1 unspecified atom stereocenters. The van der Waals surface area contributed by atoms with E-state index >= 15 is 0 Å². The van der Waals surface area contributed by atoms with Gasteiger partial charge in [0.25, 0.3) is 0 Å². The van der Waals surface area contributed by atoms with Gasteiger partial charge in [0.05, 0.1) is 0 Å². The number of hydrogen-bond acceptors (Lipinski definition) is 3. The summed E-state index contributed by atoms with van der Waals surface area (Å²) in [4.78, 5) is 12.7. The van der Waals surface area contributed by atoms with E-state index < -0.39 is 5.54 Å². The lowest BCUT2D eigenvalue weighted by Crippen LogP contribution is -2.41. The average Bonchev–Trinajstić information content (AvgIpc) is 2.90. The second-order valence-corrected chi connectivity index (χ2v) is 5.63. The van der Waals surface area contributed by atoms with E-state index in [1.807, 2.05) is 30.3 Å². The zero-order valence-electron chi connectivity index (χ0n) is 11.5. The van der Waals surface area contributed by atoms with Crippen molar-refractivity contribution in [2.45, 2.75) is 12.5 Å². The monoisotopic (exact) mass is 299 g/mol. The maximum absolute atomic E-state index is 12.7. The van der Waals surface area contributed by atoms with Crippen molar-refractivity contribution in [3.63, 3.8) is 0 Å². The Morgan fingerprint density at radius 3 is 2.57 bits per heavy atom. The summed E-state index contributed by atoms with van der Waals surface area (Å²) in [5, 5.41) is 1.38. The predicted octanol–water partition coefficient (Wildman–Crippen LogP) is 4.14. The van der Waals surface area contributed by atoms with E-state index in [-0.39, 0.29) is 11.5 Å². The quantitative estimate of drug-likeness (QED) is 0.739. The third kappa shape index (κ3) is 2.46. The number of benzene rings is 2. The fourth-order valence-corrected chi connectivity index (χ4v) is 2.48. The van der Waals surface area contributed by atoms with Gasteiger partial charge in [-0.2, -0.15) is 0 Å². The van der Waals surface area contributed by atoms with Gasteiger partial charge in [-0.15, -0.1) is 0 Å². The van der Waals surface area contributed by atoms with Crippen molar-refractivity contribution in [1.29, 1.82) is 0 Å². The lowest BCUT2D eigenvalue weighted by atomic mass is 9.87. The second kappa shape index (κ2) is 5.02. The maximum Gasteiger partial charge on any atom is 0.221 e. The fraction of sp³-hybridized carbons (Fsp3) is 0.118. The van der Waals surface area contributed by atoms with Gasteiger partial charge in [0, 0.05) is 10.4 Å². The van der Waals surface area contributed by atoms with Crippen LogP contribution in [-0.4, -0.2) is 5.78 Å². The van der Waals surface area contributed by atoms with Crippen LogP contribution in [0.25, 0.3) is 11.0 Å². The van der Waals surface area contributed by atoms with Crippen molar-refractivity contribution in [2.75, 3.05) is 0 Å². The van der Waals surface area contributed by atoms with E-state index in [2.05, 4.69) is 0 Å². The van der Waals surface area contributed by atoms with Crippen LogP contribution in [0.15, 0.2) is 59.0 Å². The summed E-state index contributed by atoms with van der Waals surface area (Å²) < 4.78 is 5.60. The first kappa shape index (κ1) is 13.9. The van der Waals surface area contributed by atoms with Crippen LogP contribution in [0.1, 0.15) is 23.0 Å². The first-order chi connectivity index (χ1) is 9.98. The van der Waals surface area contributed by atoms with Crippen LogP contribution in [0.5, 0.6) is 0 Å². The van der Waals surface area contributed by atoms with Crippen LogP contribution in [0.4, 0.5) is 0 Å². The Morgan fingerprint density at radius 2 is 1.86 bits per heavy atom. The molecular formula is C17H14ClNO2. The van der Waals surface area contributed by atoms with Gasteiger partial charge in [0.2, 0.25) is 5.78 Å². The SMILES string of the molecule is CC(N)(C(=O)c1cc2cc(Cl)ccc2o1)c1ccccc1. The van der Waals surface area contributed by atoms with Crippen molar-refractivity contribution in [3.8, 4) is 0 Å². The lowest BCUT2D eigenvalue weighted by Gasteiger charge is -2.22. The van der Waals surface area contributed by atoms with Crippen LogP contribution in [0.2, 0.25) is 5.02 Å². The molecule has 0 bridgehead atoms. The van der Waals surface area contributed by atoms with Gasteiger partial charge >= 0.3 is 0 Å². The molecule has 1 heterocycles. The second-order valence-electron chi connectivity index (χ2n) is 5.19. The molecular weight excluding hydrogens is 286 g/mol. The highest BCUT2D eigenvalue weighted by Crippen LogP contribution is 2.28. The molecule has 21 heavy (non-hydrogen) atoms. The maximum atomic E-state index is 12.7. The van der Waals surface area contributed by atoms with E-state index in [0.29, 0.717) is 10.6 Å². The molecule has 4 heteroatoms. The first-order valence-corrected chi connectivity index (χ1v) is 6.94. The molecule has 3 rings (SSSR count). The highest BCUT2D eigenvalue weighted by molar-refractivity contribution is 6.31. The molecule has 1 aromatic heterocycles. The molecule has 0 spiro atoms. The molecule has 0 aliphatic rings. The number of carbonyl (C=O) groups is 1. The minimum Gasteiger partial charge on any atom is -0.453 e. The Morgan fingerprint density at radius 1 is 1.14 bits per heavy atom. The third-order valence-corrected chi connectivity index (χ3v) is 3.78. The van der Waals surface area contributed by atoms with Crippen molar-refractivity contribution in [1.82, 2.24) is 0 Å². The Kier molecular flexibility index (Phi) is 3.32. The van der Waals surface area contributed by atoms with Gasteiger partial charge in [0.1, 0.15) is 11.1 Å². The molecule has 0 amide bonds. The molecule has 1 atom stereocenters. The van der Waals surface area contributed by atoms with Gasteiger partial charge in [0.15, 0.2) is 5.76 Å². The molecule has 3 nitrogen and oxygen atoms in total. The molecule has 2 aromatic carbocycles. The molecule has 0 saturated heterocycles. The summed E-state index contributed by atoms with van der Waals surface area (Å²) in [6.07, 6.45) is 0. The Hall–Kier alpha value is -2.10. The minimum atomic E-state index is -1.14. The molecule has 2 N–H and O–H groups in total. The summed E-state index contributed by atoms with van der Waals surface area (Å²) in [6.45, 7) is 1.69. The molecule has 0 radical (unpaired) electrons. The van der Waals surface area contributed by atoms with Crippen LogP contribution < -0.4 is 5.73 Å². The van der Waals surface area contributed by atoms with Crippen LogP contribution in [0.3, 0.4) is 0 Å². The van der Waals surface area contributed by atoms with Crippen molar-refractivity contribution in [2.24, 2.45) is 5.73 Å². The average molecular weight is 300 g/mol. The number of hydrogen-bond donors (Lipinski definition) is 1. The van der Waals surface area contributed by atoms with E-state index in [4.69, 9.17) is 21.8 Å². The van der Waals surface area contributed by atoms with Crippen LogP contribution in [0, 0.1) is 0 Å². The number of ketones is 1. The van der Waals surface area contributed by atoms with Crippen molar-refractivity contribution >= 4 is 28.4 Å². The third-order valence-electron chi connectivity index (χ3n) is 3.55. The standard InChI is InChI=1S/C17H14ClNO2/c1-17(19,12-5-3-2-4-6-12)16(20)15-10-11-9-13(18)7-8-14(11)21-15/h2-10H,19H2,1H3. The summed E-state index contributed by atoms with van der Waals surface area (Å²) in [6, 6.07) is 16.1. The normalized spacial score (nSPS) is 14.0. The molecule has 0 aliphatic heterocycles. The molecule has 0 aliphatic carbocycles. The Balaban J connectivity index is 2.03. The molecule has 106 valence electrons. The summed E-state index contributed by atoms with van der Waals surface area (Å²) in [5.41, 5.74) is 6.45. The Labute approximate surface area is 127 Å². The lowest BCUT2D eigenvalue weighted by molar-refractivity contribution is 0.0873. The highest BCUT2D eigenvalue weighted by Gasteiger charge is 2.33. The Bertz CT molecular complexity index is 806. The smallest absolute Gasteiger partial charge is 0.221 e. The highest BCUT2D eigenvalue weighted by atomic mass is 35.5. The van der Waals surface area contributed by atoms with Gasteiger partial charge in [-0.05, 0) is 36.8 Å². The van der Waals surface area contributed by atoms with Gasteiger partial charge in [-0.1, -0.05) is 41.9 Å². The number of halogens is 1. The zero-order valence-corrected chi connectivity index (χ0v) is 12.2. The van der Waals surface area contributed by atoms with E-state index in [0.717, 1.165) is 10.9 Å². The van der Waals surface area contributed by atoms with Crippen molar-refractivity contribution in [3.05, 3.63) is 70.9 Å². The van der Waals surface area contributed by atoms with Gasteiger partial charge in [-0.3, -0.25) is 4.79 Å². The number of furan rings is 1. The van der Waals surface area contributed by atoms with Gasteiger partial charge < -0.3 is 10.2 Å². The van der Waals surface area contributed by atoms with E-state index in [9.17, 15) is 4.79 Å². The fourth-order valence-electron chi connectivity index (χ4n) is 2.30. The number of carbonyl (C=O) groups excluding carboxylic acids is 1. The number of nitrogens with two attached hydrogens (primary N) is 1. The molecule has 3 aromatic rings. The number of fused-ring (bicyclic) bond motifs is 1. The summed E-state index contributed by atoms with van der Waals surface area (Å²) in [7, 11) is 0. The van der Waals surface area contributed by atoms with Crippen LogP contribution in [-0.2, 0) is 5.54 Å². The minimum absolute atomic E-state index is 0.237. The topological polar surface area (TPSA) is 56.2 Å². The van der Waals surface area contributed by atoms with E-state index in [1.54, 1.807) is 31.2 Å². The summed E-state index contributed by atoms with van der Waals surface area (Å²) in [5.74, 6) is -0.0258. The first-order valence-electron chi connectivity index (χ1n) is 6.57. The van der Waals surface area contributed by atoms with Crippen molar-refractivity contribution < 1.29 is 9.21 Å². The zero-order chi connectivity index (χ0) is 15.0. The number of rotatable bonds is 3. The molecule has 0 saturated carbocycles. The summed E-state index contributed by atoms with van der Waals surface area (Å²) >= 11 is 5.94. The molecule has 0 fully saturated rings. The van der Waals surface area contributed by atoms with Crippen LogP contribution >= 0.6 is 11.6 Å². The van der Waals surface area contributed by atoms with E-state index in [1.165, 1.54) is 0 Å².